The molecule has 0 aliphatic heterocycles. The summed E-state index contributed by atoms with van der Waals surface area (Å²) >= 11 is 0. The molecule has 0 amide bonds. The maximum Gasteiger partial charge on any atom is 0.336 e. The van der Waals surface area contributed by atoms with Gasteiger partial charge in [-0.3, -0.25) is 0 Å². The number of benzene rings is 1. The summed E-state index contributed by atoms with van der Waals surface area (Å²) in [6.07, 6.45) is 2.54. The van der Waals surface area contributed by atoms with E-state index in [1.165, 1.54) is 10.7 Å². The van der Waals surface area contributed by atoms with Crippen molar-refractivity contribution in [2.24, 2.45) is 0 Å². The van der Waals surface area contributed by atoms with E-state index in [0.29, 0.717) is 28.8 Å². The molecule has 0 atom stereocenters. The number of halogens is 1. The summed E-state index contributed by atoms with van der Waals surface area (Å²) in [6, 6.07) is 7.93. The molecule has 1 N–H and O–H groups in total. The molecule has 0 saturated heterocycles. The van der Waals surface area contributed by atoms with E-state index in [1.54, 1.807) is 24.3 Å². The lowest BCUT2D eigenvalue weighted by Gasteiger charge is -2.06. The van der Waals surface area contributed by atoms with Crippen molar-refractivity contribution in [3.05, 3.63) is 53.1 Å². The first kappa shape index (κ1) is 14.8. The largest absolute Gasteiger partial charge is 0.478 e. The quantitative estimate of drug-likeness (QED) is 0.794. The van der Waals surface area contributed by atoms with E-state index in [2.05, 4.69) is 10.1 Å². The predicted octanol–water partition coefficient (Wildman–Crippen LogP) is 3.70. The van der Waals surface area contributed by atoms with Crippen LogP contribution >= 0.6 is 0 Å². The summed E-state index contributed by atoms with van der Waals surface area (Å²) in [5, 5.41) is 14.7. The van der Waals surface area contributed by atoms with Crippen LogP contribution < -0.4 is 0 Å². The zero-order chi connectivity index (χ0) is 16.8. The molecule has 3 aromatic rings. The Balaban J connectivity index is 2.10. The van der Waals surface area contributed by atoms with E-state index in [1.807, 2.05) is 6.92 Å². The molecule has 24 heavy (non-hydrogen) atoms. The van der Waals surface area contributed by atoms with Crippen LogP contribution in [-0.4, -0.2) is 25.8 Å². The van der Waals surface area contributed by atoms with Gasteiger partial charge in [0.15, 0.2) is 5.65 Å². The average molecular weight is 325 g/mol. The van der Waals surface area contributed by atoms with Gasteiger partial charge in [-0.05, 0) is 37.5 Å². The third-order valence-corrected chi connectivity index (χ3v) is 4.36. The molecule has 0 radical (unpaired) electrons. The van der Waals surface area contributed by atoms with Crippen molar-refractivity contribution >= 4 is 17.0 Å². The molecule has 122 valence electrons. The van der Waals surface area contributed by atoms with E-state index in [4.69, 9.17) is 0 Å². The molecule has 1 aliphatic rings. The van der Waals surface area contributed by atoms with Crippen molar-refractivity contribution in [1.82, 2.24) is 14.8 Å². The monoisotopic (exact) mass is 325 g/mol. The molecular weight excluding hydrogens is 309 g/mol. The Labute approximate surface area is 137 Å². The lowest BCUT2D eigenvalue weighted by Crippen LogP contribution is -2.04. The van der Waals surface area contributed by atoms with Crippen LogP contribution in [0.5, 0.6) is 0 Å². The molecular formula is C18H16FN3O2. The molecule has 6 heteroatoms. The summed E-state index contributed by atoms with van der Waals surface area (Å²) in [6.45, 7) is 1.91. The molecule has 1 fully saturated rings. The van der Waals surface area contributed by atoms with Crippen LogP contribution in [-0.2, 0) is 6.42 Å². The van der Waals surface area contributed by atoms with Gasteiger partial charge in [-0.2, -0.15) is 5.10 Å². The Morgan fingerprint density at radius 3 is 2.75 bits per heavy atom. The lowest BCUT2D eigenvalue weighted by atomic mass is 10.1. The van der Waals surface area contributed by atoms with Crippen molar-refractivity contribution in [2.75, 3.05) is 0 Å². The Bertz CT molecular complexity index is 960. The van der Waals surface area contributed by atoms with Crippen LogP contribution in [0.15, 0.2) is 30.3 Å². The number of carboxylic acids is 1. The summed E-state index contributed by atoms with van der Waals surface area (Å²) in [7, 11) is 0. The fourth-order valence-corrected chi connectivity index (χ4v) is 2.98. The van der Waals surface area contributed by atoms with Crippen molar-refractivity contribution in [3.8, 4) is 5.69 Å². The van der Waals surface area contributed by atoms with E-state index in [0.717, 1.165) is 12.8 Å². The average Bonchev–Trinajstić information content (AvgIpc) is 3.35. The standard InChI is InChI=1S/C18H16FN3O2/c1-2-11-9-12(18(23)24)15-16(10-7-8-10)21-22(17(15)20-11)14-6-4-3-5-13(14)19/h3-6,9-10H,2,7-8H2,1H3,(H,23,24). The number of carbonyl (C=O) groups is 1. The second kappa shape index (κ2) is 5.40. The summed E-state index contributed by atoms with van der Waals surface area (Å²) in [5.74, 6) is -1.19. The predicted molar refractivity (Wildman–Crippen MR) is 87.1 cm³/mol. The van der Waals surface area contributed by atoms with Gasteiger partial charge in [0.05, 0.1) is 16.6 Å². The smallest absolute Gasteiger partial charge is 0.336 e. The Morgan fingerprint density at radius 1 is 1.38 bits per heavy atom. The molecule has 0 spiro atoms. The van der Waals surface area contributed by atoms with Gasteiger partial charge in [0, 0.05) is 11.6 Å². The van der Waals surface area contributed by atoms with Crippen LogP contribution in [0.2, 0.25) is 0 Å². The Hall–Kier alpha value is -2.76. The highest BCUT2D eigenvalue weighted by Crippen LogP contribution is 2.43. The highest BCUT2D eigenvalue weighted by molar-refractivity contribution is 6.03. The van der Waals surface area contributed by atoms with Crippen molar-refractivity contribution < 1.29 is 14.3 Å². The molecule has 5 nitrogen and oxygen atoms in total. The van der Waals surface area contributed by atoms with Crippen molar-refractivity contribution in [3.63, 3.8) is 0 Å². The second-order valence-electron chi connectivity index (χ2n) is 6.04. The maximum absolute atomic E-state index is 14.3. The fourth-order valence-electron chi connectivity index (χ4n) is 2.98. The van der Waals surface area contributed by atoms with Crippen LogP contribution in [0.25, 0.3) is 16.7 Å². The molecule has 4 rings (SSSR count). The van der Waals surface area contributed by atoms with E-state index >= 15 is 0 Å². The van der Waals surface area contributed by atoms with Gasteiger partial charge in [-0.25, -0.2) is 18.9 Å². The van der Waals surface area contributed by atoms with Crippen LogP contribution in [0, 0.1) is 5.82 Å². The normalized spacial score (nSPS) is 14.2. The lowest BCUT2D eigenvalue weighted by molar-refractivity contribution is 0.0698. The molecule has 0 bridgehead atoms. The number of aromatic nitrogens is 3. The zero-order valence-electron chi connectivity index (χ0n) is 13.2. The van der Waals surface area contributed by atoms with Gasteiger partial charge in [-0.15, -0.1) is 0 Å². The number of rotatable bonds is 4. The summed E-state index contributed by atoms with van der Waals surface area (Å²) in [4.78, 5) is 16.3. The van der Waals surface area contributed by atoms with Crippen molar-refractivity contribution in [1.29, 1.82) is 0 Å². The van der Waals surface area contributed by atoms with Gasteiger partial charge in [0.2, 0.25) is 0 Å². The summed E-state index contributed by atoms with van der Waals surface area (Å²) in [5.41, 5.74) is 2.26. The second-order valence-corrected chi connectivity index (χ2v) is 6.04. The number of aromatic carboxylic acids is 1. The number of hydrogen-bond donors (Lipinski definition) is 1. The van der Waals surface area contributed by atoms with Gasteiger partial charge in [0.25, 0.3) is 0 Å². The highest BCUT2D eigenvalue weighted by atomic mass is 19.1. The Kier molecular flexibility index (Phi) is 3.33. The number of aryl methyl sites for hydroxylation is 1. The maximum atomic E-state index is 14.3. The van der Waals surface area contributed by atoms with Gasteiger partial charge >= 0.3 is 5.97 Å². The first-order valence-corrected chi connectivity index (χ1v) is 8.01. The minimum atomic E-state index is -1.01. The number of carboxylic acid groups (broad SMARTS) is 1. The number of nitrogens with zero attached hydrogens (tertiary/aromatic N) is 3. The first-order chi connectivity index (χ1) is 11.6. The SMILES string of the molecule is CCc1cc(C(=O)O)c2c(C3CC3)nn(-c3ccccc3F)c2n1. The molecule has 1 aliphatic carbocycles. The molecule has 2 aromatic heterocycles. The Morgan fingerprint density at radius 2 is 2.12 bits per heavy atom. The number of hydrogen-bond acceptors (Lipinski definition) is 3. The first-order valence-electron chi connectivity index (χ1n) is 8.01. The van der Waals surface area contributed by atoms with Crippen LogP contribution in [0.3, 0.4) is 0 Å². The van der Waals surface area contributed by atoms with Crippen LogP contribution in [0.4, 0.5) is 4.39 Å². The minimum Gasteiger partial charge on any atom is -0.478 e. The number of para-hydroxylation sites is 1. The third kappa shape index (κ3) is 2.26. The minimum absolute atomic E-state index is 0.196. The van der Waals surface area contributed by atoms with Crippen LogP contribution in [0.1, 0.15) is 47.4 Å². The highest BCUT2D eigenvalue weighted by Gasteiger charge is 2.32. The number of pyridine rings is 1. The van der Waals surface area contributed by atoms with E-state index in [-0.39, 0.29) is 17.2 Å². The number of fused-ring (bicyclic) bond motifs is 1. The zero-order valence-corrected chi connectivity index (χ0v) is 13.2. The summed E-state index contributed by atoms with van der Waals surface area (Å²) < 4.78 is 15.7. The molecule has 1 saturated carbocycles. The van der Waals surface area contributed by atoms with E-state index < -0.39 is 11.8 Å². The topological polar surface area (TPSA) is 68.0 Å². The fraction of sp³-hybridized carbons (Fsp3) is 0.278. The van der Waals surface area contributed by atoms with Crippen molar-refractivity contribution in [2.45, 2.75) is 32.1 Å². The molecule has 0 unspecified atom stereocenters. The van der Waals surface area contributed by atoms with Gasteiger partial charge in [0.1, 0.15) is 11.5 Å². The molecule has 2 heterocycles. The van der Waals surface area contributed by atoms with Gasteiger partial charge in [-0.1, -0.05) is 19.1 Å². The van der Waals surface area contributed by atoms with Gasteiger partial charge < -0.3 is 5.11 Å². The van der Waals surface area contributed by atoms with E-state index in [9.17, 15) is 14.3 Å². The molecule has 1 aromatic carbocycles. The third-order valence-electron chi connectivity index (χ3n) is 4.36.